The molecule has 1 aromatic rings. The predicted molar refractivity (Wildman–Crippen MR) is 90.6 cm³/mol. The molecular weight excluding hydrogens is 306 g/mol. The molecule has 1 saturated carbocycles. The lowest BCUT2D eigenvalue weighted by atomic mass is 9.86. The van der Waals surface area contributed by atoms with E-state index in [2.05, 4.69) is 12.2 Å². The molecule has 2 atom stereocenters. The molecule has 5 heteroatoms. The Morgan fingerprint density at radius 2 is 1.83 bits per heavy atom. The number of nitrogens with one attached hydrogen (secondary N) is 1. The number of hydrogen-bond acceptors (Lipinski definition) is 4. The summed E-state index contributed by atoms with van der Waals surface area (Å²) in [4.78, 5) is 24.4. The minimum absolute atomic E-state index is 0.0281. The highest BCUT2D eigenvalue weighted by Crippen LogP contribution is 2.31. The van der Waals surface area contributed by atoms with E-state index in [1.807, 2.05) is 0 Å². The molecule has 0 spiro atoms. The van der Waals surface area contributed by atoms with E-state index in [9.17, 15) is 9.59 Å². The third-order valence-electron chi connectivity index (χ3n) is 4.90. The standard InChI is InChI=1S/C19H25NO4/c1-13-4-2-3-5-15(13)20-19(22)9-7-16(21)14-6-8-17-18(12-14)24-11-10-23-17/h6,8,12-13,15H,2-5,7,9-11H2,1H3,(H,20,22). The van der Waals surface area contributed by atoms with Crippen LogP contribution in [0.4, 0.5) is 0 Å². The molecule has 1 aliphatic heterocycles. The summed E-state index contributed by atoms with van der Waals surface area (Å²) in [7, 11) is 0. The summed E-state index contributed by atoms with van der Waals surface area (Å²) >= 11 is 0. The molecule has 1 N–H and O–H groups in total. The number of rotatable bonds is 5. The van der Waals surface area contributed by atoms with Gasteiger partial charge in [0.2, 0.25) is 5.91 Å². The monoisotopic (exact) mass is 331 g/mol. The molecule has 1 aliphatic carbocycles. The van der Waals surface area contributed by atoms with Gasteiger partial charge in [0.25, 0.3) is 0 Å². The quantitative estimate of drug-likeness (QED) is 0.842. The minimum atomic E-state index is -0.0428. The molecule has 1 amide bonds. The Labute approximate surface area is 142 Å². The molecule has 24 heavy (non-hydrogen) atoms. The number of carbonyl (C=O) groups is 2. The number of ketones is 1. The highest BCUT2D eigenvalue weighted by Gasteiger charge is 2.23. The maximum absolute atomic E-state index is 12.3. The lowest BCUT2D eigenvalue weighted by Crippen LogP contribution is -2.41. The van der Waals surface area contributed by atoms with Gasteiger partial charge in [-0.05, 0) is 37.0 Å². The molecule has 1 aromatic carbocycles. The molecule has 130 valence electrons. The summed E-state index contributed by atoms with van der Waals surface area (Å²) in [6, 6.07) is 5.45. The van der Waals surface area contributed by atoms with Crippen molar-refractivity contribution in [1.29, 1.82) is 0 Å². The van der Waals surface area contributed by atoms with Gasteiger partial charge < -0.3 is 14.8 Å². The molecule has 2 unspecified atom stereocenters. The smallest absolute Gasteiger partial charge is 0.220 e. The van der Waals surface area contributed by atoms with Crippen LogP contribution in [0.15, 0.2) is 18.2 Å². The zero-order valence-corrected chi connectivity index (χ0v) is 14.2. The van der Waals surface area contributed by atoms with Gasteiger partial charge in [0, 0.05) is 24.4 Å². The van der Waals surface area contributed by atoms with Crippen molar-refractivity contribution in [1.82, 2.24) is 5.32 Å². The summed E-state index contributed by atoms with van der Waals surface area (Å²) in [6.45, 7) is 3.21. The van der Waals surface area contributed by atoms with Gasteiger partial charge in [0.05, 0.1) is 0 Å². The van der Waals surface area contributed by atoms with Crippen molar-refractivity contribution in [2.45, 2.75) is 51.5 Å². The first-order valence-electron chi connectivity index (χ1n) is 8.85. The van der Waals surface area contributed by atoms with Crippen LogP contribution in [0.25, 0.3) is 0 Å². The van der Waals surface area contributed by atoms with Crippen LogP contribution in [0.2, 0.25) is 0 Å². The van der Waals surface area contributed by atoms with E-state index in [0.717, 1.165) is 6.42 Å². The maximum atomic E-state index is 12.3. The number of Topliss-reactive ketones (excluding diaryl/α,β-unsaturated/α-hetero) is 1. The van der Waals surface area contributed by atoms with Crippen molar-refractivity contribution >= 4 is 11.7 Å². The van der Waals surface area contributed by atoms with E-state index in [1.165, 1.54) is 19.3 Å². The summed E-state index contributed by atoms with van der Waals surface area (Å²) in [5.41, 5.74) is 0.568. The van der Waals surface area contributed by atoms with Gasteiger partial charge in [-0.2, -0.15) is 0 Å². The first-order chi connectivity index (χ1) is 11.6. The van der Waals surface area contributed by atoms with Crippen LogP contribution >= 0.6 is 0 Å². The van der Waals surface area contributed by atoms with Crippen LogP contribution in [-0.2, 0) is 4.79 Å². The highest BCUT2D eigenvalue weighted by atomic mass is 16.6. The first kappa shape index (κ1) is 16.8. The Morgan fingerprint density at radius 3 is 2.62 bits per heavy atom. The van der Waals surface area contributed by atoms with Crippen LogP contribution < -0.4 is 14.8 Å². The van der Waals surface area contributed by atoms with Crippen LogP contribution in [0.3, 0.4) is 0 Å². The number of fused-ring (bicyclic) bond motifs is 1. The van der Waals surface area contributed by atoms with Crippen molar-refractivity contribution < 1.29 is 19.1 Å². The molecular formula is C19H25NO4. The lowest BCUT2D eigenvalue weighted by molar-refractivity contribution is -0.122. The summed E-state index contributed by atoms with van der Waals surface area (Å²) in [6.07, 6.45) is 5.08. The Bertz CT molecular complexity index is 613. The van der Waals surface area contributed by atoms with Crippen molar-refractivity contribution in [2.24, 2.45) is 5.92 Å². The SMILES string of the molecule is CC1CCCCC1NC(=O)CCC(=O)c1ccc2c(c1)OCCO2. The average molecular weight is 331 g/mol. The molecule has 5 nitrogen and oxygen atoms in total. The van der Waals surface area contributed by atoms with E-state index in [0.29, 0.717) is 36.2 Å². The highest BCUT2D eigenvalue weighted by molar-refractivity contribution is 5.98. The molecule has 1 fully saturated rings. The largest absolute Gasteiger partial charge is 0.486 e. The van der Waals surface area contributed by atoms with Crippen molar-refractivity contribution in [3.63, 3.8) is 0 Å². The van der Waals surface area contributed by atoms with Gasteiger partial charge >= 0.3 is 0 Å². The topological polar surface area (TPSA) is 64.6 Å². The van der Waals surface area contributed by atoms with Crippen molar-refractivity contribution in [3.8, 4) is 11.5 Å². The van der Waals surface area contributed by atoms with E-state index >= 15 is 0 Å². The molecule has 1 heterocycles. The van der Waals surface area contributed by atoms with Gasteiger partial charge in [-0.15, -0.1) is 0 Å². The van der Waals surface area contributed by atoms with Gasteiger partial charge in [0.15, 0.2) is 17.3 Å². The van der Waals surface area contributed by atoms with E-state index in [1.54, 1.807) is 18.2 Å². The van der Waals surface area contributed by atoms with Crippen molar-refractivity contribution in [3.05, 3.63) is 23.8 Å². The number of ether oxygens (including phenoxy) is 2. The summed E-state index contributed by atoms with van der Waals surface area (Å²) in [5, 5.41) is 3.09. The van der Waals surface area contributed by atoms with Gasteiger partial charge in [-0.1, -0.05) is 19.8 Å². The molecule has 0 radical (unpaired) electrons. The molecule has 0 bridgehead atoms. The van der Waals surface area contributed by atoms with Crippen LogP contribution in [0.5, 0.6) is 11.5 Å². The second-order valence-corrected chi connectivity index (χ2v) is 6.72. The fourth-order valence-electron chi connectivity index (χ4n) is 3.40. The Morgan fingerprint density at radius 1 is 1.08 bits per heavy atom. The number of hydrogen-bond donors (Lipinski definition) is 1. The lowest BCUT2D eigenvalue weighted by Gasteiger charge is -2.29. The van der Waals surface area contributed by atoms with Gasteiger partial charge in [-0.25, -0.2) is 0 Å². The molecule has 0 aromatic heterocycles. The number of amides is 1. The molecule has 3 rings (SSSR count). The minimum Gasteiger partial charge on any atom is -0.486 e. The maximum Gasteiger partial charge on any atom is 0.220 e. The van der Waals surface area contributed by atoms with E-state index in [4.69, 9.17) is 9.47 Å². The van der Waals surface area contributed by atoms with E-state index < -0.39 is 0 Å². The first-order valence-corrected chi connectivity index (χ1v) is 8.85. The Balaban J connectivity index is 1.50. The van der Waals surface area contributed by atoms with Crippen LogP contribution in [0.1, 0.15) is 55.8 Å². The summed E-state index contributed by atoms with van der Waals surface area (Å²) < 4.78 is 10.9. The number of benzene rings is 1. The average Bonchev–Trinajstić information content (AvgIpc) is 2.61. The fourth-order valence-corrected chi connectivity index (χ4v) is 3.40. The fraction of sp³-hybridized carbons (Fsp3) is 0.579. The third-order valence-corrected chi connectivity index (χ3v) is 4.90. The molecule has 2 aliphatic rings. The van der Waals surface area contributed by atoms with Crippen LogP contribution in [-0.4, -0.2) is 30.9 Å². The zero-order chi connectivity index (χ0) is 16.9. The Kier molecular flexibility index (Phi) is 5.38. The van der Waals surface area contributed by atoms with Crippen LogP contribution in [0, 0.1) is 5.92 Å². The third kappa shape index (κ3) is 4.08. The normalized spacial score (nSPS) is 22.7. The van der Waals surface area contributed by atoms with Gasteiger partial charge in [0.1, 0.15) is 13.2 Å². The zero-order valence-electron chi connectivity index (χ0n) is 14.2. The second-order valence-electron chi connectivity index (χ2n) is 6.72. The van der Waals surface area contributed by atoms with E-state index in [-0.39, 0.29) is 30.6 Å². The summed E-state index contributed by atoms with van der Waals surface area (Å²) in [5.74, 6) is 1.73. The predicted octanol–water partition coefficient (Wildman–Crippen LogP) is 3.12. The second kappa shape index (κ2) is 7.69. The Hall–Kier alpha value is -2.04. The number of carbonyl (C=O) groups excluding carboxylic acids is 2. The van der Waals surface area contributed by atoms with Gasteiger partial charge in [-0.3, -0.25) is 9.59 Å². The molecule has 0 saturated heterocycles. The van der Waals surface area contributed by atoms with Crippen molar-refractivity contribution in [2.75, 3.05) is 13.2 Å².